The molecule has 2 aliphatic rings. The van der Waals surface area contributed by atoms with Crippen molar-refractivity contribution in [1.82, 2.24) is 20.2 Å². The molecule has 1 fully saturated rings. The molecule has 3 amide bonds. The standard InChI is InChI=1S/C25H34N6O4/c1-4-26-24(32)27-19-7-5-18(6-8-19)22-28-21-15-31(25(33)35-16-17(2)3)10-9-20(21)23(29-22)30-11-13-34-14-12-30/h5-8,17H,4,9-16H2,1-3H3,(H2,26,27,32). The molecule has 0 radical (unpaired) electrons. The van der Waals surface area contributed by atoms with Crippen molar-refractivity contribution in [2.45, 2.75) is 33.7 Å². The number of nitrogens with one attached hydrogen (secondary N) is 2. The number of carbonyl (C=O) groups excluding carboxylic acids is 2. The fourth-order valence-electron chi connectivity index (χ4n) is 4.10. The van der Waals surface area contributed by atoms with E-state index in [2.05, 4.69) is 15.5 Å². The van der Waals surface area contributed by atoms with E-state index in [1.54, 1.807) is 4.90 Å². The zero-order valence-electron chi connectivity index (χ0n) is 20.7. The first-order valence-corrected chi connectivity index (χ1v) is 12.2. The summed E-state index contributed by atoms with van der Waals surface area (Å²) < 4.78 is 11.0. The molecule has 2 N–H and O–H groups in total. The highest BCUT2D eigenvalue weighted by molar-refractivity contribution is 5.89. The van der Waals surface area contributed by atoms with Crippen LogP contribution in [0.15, 0.2) is 24.3 Å². The summed E-state index contributed by atoms with van der Waals surface area (Å²) in [6.45, 7) is 10.6. The number of nitrogens with zero attached hydrogens (tertiary/aromatic N) is 4. The normalized spacial score (nSPS) is 15.5. The van der Waals surface area contributed by atoms with Crippen LogP contribution in [0.2, 0.25) is 0 Å². The number of morpholine rings is 1. The number of amides is 3. The number of hydrogen-bond acceptors (Lipinski definition) is 7. The molecule has 1 aromatic carbocycles. The van der Waals surface area contributed by atoms with Gasteiger partial charge in [0.15, 0.2) is 5.82 Å². The zero-order chi connectivity index (χ0) is 24.8. The molecule has 1 saturated heterocycles. The van der Waals surface area contributed by atoms with Gasteiger partial charge >= 0.3 is 12.1 Å². The molecule has 10 heteroatoms. The van der Waals surface area contributed by atoms with E-state index in [-0.39, 0.29) is 18.0 Å². The van der Waals surface area contributed by atoms with Gasteiger partial charge in [0.05, 0.1) is 32.1 Å². The van der Waals surface area contributed by atoms with E-state index in [1.807, 2.05) is 45.0 Å². The topological polar surface area (TPSA) is 109 Å². The van der Waals surface area contributed by atoms with Gasteiger partial charge in [-0.15, -0.1) is 0 Å². The van der Waals surface area contributed by atoms with Crippen LogP contribution in [0.4, 0.5) is 21.1 Å². The lowest BCUT2D eigenvalue weighted by atomic mass is 10.0. The highest BCUT2D eigenvalue weighted by atomic mass is 16.6. The molecule has 0 saturated carbocycles. The molecular formula is C25H34N6O4. The van der Waals surface area contributed by atoms with Crippen molar-refractivity contribution >= 4 is 23.6 Å². The summed E-state index contributed by atoms with van der Waals surface area (Å²) in [6, 6.07) is 7.20. The Balaban J connectivity index is 1.61. The minimum absolute atomic E-state index is 0.246. The highest BCUT2D eigenvalue weighted by Gasteiger charge is 2.29. The van der Waals surface area contributed by atoms with Crippen molar-refractivity contribution in [3.05, 3.63) is 35.5 Å². The second kappa shape index (κ2) is 11.4. The molecule has 2 aliphatic heterocycles. The van der Waals surface area contributed by atoms with E-state index in [9.17, 15) is 9.59 Å². The quantitative estimate of drug-likeness (QED) is 0.650. The number of anilines is 2. The van der Waals surface area contributed by atoms with Gasteiger partial charge in [-0.3, -0.25) is 0 Å². The molecule has 0 unspecified atom stereocenters. The van der Waals surface area contributed by atoms with Crippen molar-refractivity contribution in [3.8, 4) is 11.4 Å². The maximum atomic E-state index is 12.6. The molecule has 188 valence electrons. The van der Waals surface area contributed by atoms with Gasteiger partial charge < -0.3 is 29.9 Å². The molecule has 3 heterocycles. The first-order valence-electron chi connectivity index (χ1n) is 12.2. The van der Waals surface area contributed by atoms with Crippen LogP contribution in [0, 0.1) is 5.92 Å². The molecule has 35 heavy (non-hydrogen) atoms. The summed E-state index contributed by atoms with van der Waals surface area (Å²) in [6.07, 6.45) is 0.368. The third kappa shape index (κ3) is 6.19. The number of aromatic nitrogens is 2. The average molecular weight is 483 g/mol. The Morgan fingerprint density at radius 3 is 2.54 bits per heavy atom. The largest absolute Gasteiger partial charge is 0.449 e. The highest BCUT2D eigenvalue weighted by Crippen LogP contribution is 2.30. The second-order valence-corrected chi connectivity index (χ2v) is 9.10. The van der Waals surface area contributed by atoms with Gasteiger partial charge in [-0.05, 0) is 43.5 Å². The minimum atomic E-state index is -0.307. The van der Waals surface area contributed by atoms with E-state index >= 15 is 0 Å². The van der Waals surface area contributed by atoms with Crippen molar-refractivity contribution in [2.75, 3.05) is 56.2 Å². The van der Waals surface area contributed by atoms with Crippen LogP contribution in [-0.2, 0) is 22.4 Å². The summed E-state index contributed by atoms with van der Waals surface area (Å²) in [5.74, 6) is 1.78. The van der Waals surface area contributed by atoms with Crippen molar-refractivity contribution in [1.29, 1.82) is 0 Å². The second-order valence-electron chi connectivity index (χ2n) is 9.10. The van der Waals surface area contributed by atoms with Crippen molar-refractivity contribution in [2.24, 2.45) is 5.92 Å². The Labute approximate surface area is 206 Å². The number of hydrogen-bond donors (Lipinski definition) is 2. The number of urea groups is 1. The van der Waals surface area contributed by atoms with Gasteiger partial charge in [-0.2, -0.15) is 0 Å². The molecule has 0 atom stereocenters. The molecule has 0 aliphatic carbocycles. The summed E-state index contributed by atoms with van der Waals surface area (Å²) in [7, 11) is 0. The Morgan fingerprint density at radius 2 is 1.86 bits per heavy atom. The van der Waals surface area contributed by atoms with Crippen molar-refractivity contribution in [3.63, 3.8) is 0 Å². The van der Waals surface area contributed by atoms with Crippen LogP contribution in [0.5, 0.6) is 0 Å². The number of rotatable bonds is 6. The number of ether oxygens (including phenoxy) is 2. The lowest BCUT2D eigenvalue weighted by Gasteiger charge is -2.34. The molecule has 0 bridgehead atoms. The molecule has 0 spiro atoms. The van der Waals surface area contributed by atoms with E-state index in [0.717, 1.165) is 35.7 Å². The van der Waals surface area contributed by atoms with Gasteiger partial charge in [0.2, 0.25) is 0 Å². The van der Waals surface area contributed by atoms with Crippen LogP contribution in [-0.4, -0.2) is 73.0 Å². The first kappa shape index (κ1) is 24.7. The van der Waals surface area contributed by atoms with E-state index in [1.165, 1.54) is 0 Å². The Bertz CT molecular complexity index is 1040. The molecular weight excluding hydrogens is 448 g/mol. The van der Waals surface area contributed by atoms with Gasteiger partial charge in [-0.1, -0.05) is 13.8 Å². The van der Waals surface area contributed by atoms with Gasteiger partial charge in [0, 0.05) is 43.0 Å². The van der Waals surface area contributed by atoms with Gasteiger partial charge in [-0.25, -0.2) is 19.6 Å². The van der Waals surface area contributed by atoms with E-state index in [0.29, 0.717) is 57.4 Å². The maximum Gasteiger partial charge on any atom is 0.410 e. The fourth-order valence-corrected chi connectivity index (χ4v) is 4.10. The summed E-state index contributed by atoms with van der Waals surface area (Å²) >= 11 is 0. The summed E-state index contributed by atoms with van der Waals surface area (Å²) in [5.41, 5.74) is 3.44. The van der Waals surface area contributed by atoms with E-state index in [4.69, 9.17) is 19.4 Å². The molecule has 4 rings (SSSR count). The van der Waals surface area contributed by atoms with Gasteiger partial charge in [0.1, 0.15) is 5.82 Å². The third-order valence-electron chi connectivity index (χ3n) is 5.89. The fraction of sp³-hybridized carbons (Fsp3) is 0.520. The van der Waals surface area contributed by atoms with Crippen LogP contribution in [0.3, 0.4) is 0 Å². The summed E-state index contributed by atoms with van der Waals surface area (Å²) in [4.78, 5) is 38.2. The summed E-state index contributed by atoms with van der Waals surface area (Å²) in [5, 5.41) is 5.52. The first-order chi connectivity index (χ1) is 16.9. The predicted octanol–water partition coefficient (Wildman–Crippen LogP) is 3.27. The molecule has 1 aromatic heterocycles. The van der Waals surface area contributed by atoms with Gasteiger partial charge in [0.25, 0.3) is 0 Å². The monoisotopic (exact) mass is 482 g/mol. The Hall–Kier alpha value is -3.40. The van der Waals surface area contributed by atoms with Crippen LogP contribution < -0.4 is 15.5 Å². The zero-order valence-corrected chi connectivity index (χ0v) is 20.7. The SMILES string of the molecule is CCNC(=O)Nc1ccc(-c2nc3c(c(N4CCOCC4)n2)CCN(C(=O)OCC(C)C)C3)cc1. The van der Waals surface area contributed by atoms with Crippen molar-refractivity contribution < 1.29 is 19.1 Å². The van der Waals surface area contributed by atoms with Crippen LogP contribution >= 0.6 is 0 Å². The number of carbonyl (C=O) groups is 2. The third-order valence-corrected chi connectivity index (χ3v) is 5.89. The Morgan fingerprint density at radius 1 is 1.11 bits per heavy atom. The lowest BCUT2D eigenvalue weighted by molar-refractivity contribution is 0.0873. The number of benzene rings is 1. The maximum absolute atomic E-state index is 12.6. The molecule has 2 aromatic rings. The number of fused-ring (bicyclic) bond motifs is 1. The predicted molar refractivity (Wildman–Crippen MR) is 133 cm³/mol. The Kier molecular flexibility index (Phi) is 8.02. The van der Waals surface area contributed by atoms with Crippen LogP contribution in [0.1, 0.15) is 32.0 Å². The van der Waals surface area contributed by atoms with E-state index < -0.39 is 0 Å². The average Bonchev–Trinajstić information content (AvgIpc) is 2.87. The van der Waals surface area contributed by atoms with Crippen LogP contribution in [0.25, 0.3) is 11.4 Å². The lowest BCUT2D eigenvalue weighted by Crippen LogP contribution is -2.41. The smallest absolute Gasteiger partial charge is 0.410 e. The molecule has 10 nitrogen and oxygen atoms in total. The minimum Gasteiger partial charge on any atom is -0.449 e.